The van der Waals surface area contributed by atoms with Gasteiger partial charge >= 0.3 is 0 Å². The predicted octanol–water partition coefficient (Wildman–Crippen LogP) is 1.67. The molecule has 1 amide bonds. The van der Waals surface area contributed by atoms with Crippen LogP contribution in [-0.2, 0) is 4.79 Å². The van der Waals surface area contributed by atoms with Crippen LogP contribution in [0, 0.1) is 10.8 Å². The highest BCUT2D eigenvalue weighted by Gasteiger charge is 2.35. The highest BCUT2D eigenvalue weighted by Crippen LogP contribution is 2.39. The molecular formula is C12H24N2O. The number of nitrogens with two attached hydrogens (primary N) is 1. The molecule has 1 aliphatic rings. The summed E-state index contributed by atoms with van der Waals surface area (Å²) in [4.78, 5) is 11.6. The zero-order valence-electron chi connectivity index (χ0n) is 10.2. The van der Waals surface area contributed by atoms with Crippen molar-refractivity contribution >= 4 is 5.91 Å². The fourth-order valence-corrected chi connectivity index (χ4v) is 1.96. The van der Waals surface area contributed by atoms with Crippen molar-refractivity contribution in [2.24, 2.45) is 16.6 Å². The summed E-state index contributed by atoms with van der Waals surface area (Å²) in [5.41, 5.74) is 6.02. The van der Waals surface area contributed by atoms with Crippen LogP contribution in [0.25, 0.3) is 0 Å². The number of carbonyl (C=O) groups is 1. The van der Waals surface area contributed by atoms with Gasteiger partial charge in [0.1, 0.15) is 0 Å². The molecule has 15 heavy (non-hydrogen) atoms. The van der Waals surface area contributed by atoms with Gasteiger partial charge in [0, 0.05) is 13.0 Å². The van der Waals surface area contributed by atoms with Gasteiger partial charge in [-0.1, -0.05) is 27.2 Å². The Balaban J connectivity index is 2.27. The quantitative estimate of drug-likeness (QED) is 0.744. The van der Waals surface area contributed by atoms with Crippen molar-refractivity contribution in [1.82, 2.24) is 5.32 Å². The number of hydrogen-bond acceptors (Lipinski definition) is 2. The molecular weight excluding hydrogens is 188 g/mol. The summed E-state index contributed by atoms with van der Waals surface area (Å²) in [6.45, 7) is 7.69. The van der Waals surface area contributed by atoms with E-state index in [0.717, 1.165) is 6.54 Å². The molecule has 88 valence electrons. The molecule has 3 N–H and O–H groups in total. The molecule has 0 saturated heterocycles. The van der Waals surface area contributed by atoms with E-state index in [-0.39, 0.29) is 16.7 Å². The summed E-state index contributed by atoms with van der Waals surface area (Å²) >= 11 is 0. The van der Waals surface area contributed by atoms with E-state index >= 15 is 0 Å². The van der Waals surface area contributed by atoms with Crippen LogP contribution in [0.5, 0.6) is 0 Å². The van der Waals surface area contributed by atoms with E-state index in [9.17, 15) is 4.79 Å². The highest BCUT2D eigenvalue weighted by atomic mass is 16.1. The molecule has 3 nitrogen and oxygen atoms in total. The Kier molecular flexibility index (Phi) is 3.77. The topological polar surface area (TPSA) is 55.1 Å². The van der Waals surface area contributed by atoms with Gasteiger partial charge in [0.25, 0.3) is 0 Å². The first kappa shape index (κ1) is 12.5. The summed E-state index contributed by atoms with van der Waals surface area (Å²) in [6, 6.07) is 0. The van der Waals surface area contributed by atoms with Crippen molar-refractivity contribution in [1.29, 1.82) is 0 Å². The minimum atomic E-state index is 0.0690. The van der Waals surface area contributed by atoms with E-state index in [0.29, 0.717) is 13.0 Å². The summed E-state index contributed by atoms with van der Waals surface area (Å²) in [5, 5.41) is 3.01. The Morgan fingerprint density at radius 3 is 2.33 bits per heavy atom. The molecule has 0 aromatic carbocycles. The second-order valence-electron chi connectivity index (χ2n) is 6.07. The maximum absolute atomic E-state index is 11.6. The predicted molar refractivity (Wildman–Crippen MR) is 62.4 cm³/mol. The molecule has 0 bridgehead atoms. The molecule has 0 aliphatic heterocycles. The number of hydrogen-bond donors (Lipinski definition) is 2. The van der Waals surface area contributed by atoms with Crippen LogP contribution < -0.4 is 11.1 Å². The van der Waals surface area contributed by atoms with E-state index in [1.807, 2.05) is 0 Å². The van der Waals surface area contributed by atoms with Gasteiger partial charge in [-0.3, -0.25) is 4.79 Å². The van der Waals surface area contributed by atoms with Gasteiger partial charge in [-0.2, -0.15) is 0 Å². The Bertz CT molecular complexity index is 221. The lowest BCUT2D eigenvalue weighted by molar-refractivity contribution is -0.123. The fourth-order valence-electron chi connectivity index (χ4n) is 1.96. The lowest BCUT2D eigenvalue weighted by atomic mass is 9.69. The van der Waals surface area contributed by atoms with E-state index < -0.39 is 0 Å². The number of amides is 1. The van der Waals surface area contributed by atoms with Gasteiger partial charge in [0.15, 0.2) is 0 Å². The van der Waals surface area contributed by atoms with Crippen molar-refractivity contribution in [3.8, 4) is 0 Å². The minimum absolute atomic E-state index is 0.0690. The third-order valence-electron chi connectivity index (χ3n) is 3.20. The largest absolute Gasteiger partial charge is 0.355 e. The second kappa shape index (κ2) is 4.52. The molecule has 0 heterocycles. The first-order chi connectivity index (χ1) is 6.87. The molecule has 3 heteroatoms. The van der Waals surface area contributed by atoms with Crippen molar-refractivity contribution in [3.05, 3.63) is 0 Å². The molecule has 0 aromatic rings. The molecule has 1 aliphatic carbocycles. The molecule has 0 radical (unpaired) electrons. The lowest BCUT2D eigenvalue weighted by Gasteiger charge is -2.41. The van der Waals surface area contributed by atoms with Crippen LogP contribution in [0.1, 0.15) is 46.5 Å². The monoisotopic (exact) mass is 212 g/mol. The number of rotatable bonds is 4. The van der Waals surface area contributed by atoms with E-state index in [1.165, 1.54) is 19.3 Å². The average molecular weight is 212 g/mol. The van der Waals surface area contributed by atoms with E-state index in [1.54, 1.807) is 0 Å². The van der Waals surface area contributed by atoms with Crippen LogP contribution >= 0.6 is 0 Å². The van der Waals surface area contributed by atoms with Crippen molar-refractivity contribution in [3.63, 3.8) is 0 Å². The Labute approximate surface area is 92.8 Å². The highest BCUT2D eigenvalue weighted by molar-refractivity contribution is 5.76. The zero-order valence-corrected chi connectivity index (χ0v) is 10.2. The maximum atomic E-state index is 11.6. The smallest absolute Gasteiger partial charge is 0.220 e. The summed E-state index contributed by atoms with van der Waals surface area (Å²) in [6.07, 6.45) is 4.18. The Morgan fingerprint density at radius 2 is 2.00 bits per heavy atom. The Morgan fingerprint density at radius 1 is 1.40 bits per heavy atom. The average Bonchev–Trinajstić information content (AvgIpc) is 1.99. The van der Waals surface area contributed by atoms with Crippen LogP contribution in [0.15, 0.2) is 0 Å². The van der Waals surface area contributed by atoms with Gasteiger partial charge in [-0.05, 0) is 30.2 Å². The fraction of sp³-hybridized carbons (Fsp3) is 0.917. The standard InChI is InChI=1S/C12H24N2O/c1-11(2,3)7-10(15)14-9-12(8-13)5-4-6-12/h4-9,13H2,1-3H3,(H,14,15). The van der Waals surface area contributed by atoms with Crippen molar-refractivity contribution in [2.75, 3.05) is 13.1 Å². The number of nitrogens with one attached hydrogen (secondary N) is 1. The van der Waals surface area contributed by atoms with Gasteiger partial charge in [0.05, 0.1) is 0 Å². The SMILES string of the molecule is CC(C)(C)CC(=O)NCC1(CN)CCC1. The second-order valence-corrected chi connectivity index (χ2v) is 6.07. The maximum Gasteiger partial charge on any atom is 0.220 e. The number of carbonyl (C=O) groups excluding carboxylic acids is 1. The van der Waals surface area contributed by atoms with Gasteiger partial charge < -0.3 is 11.1 Å². The normalized spacial score (nSPS) is 19.5. The summed E-state index contributed by atoms with van der Waals surface area (Å²) < 4.78 is 0. The zero-order chi connectivity index (χ0) is 11.5. The minimum Gasteiger partial charge on any atom is -0.355 e. The molecule has 1 fully saturated rings. The van der Waals surface area contributed by atoms with Crippen LogP contribution in [-0.4, -0.2) is 19.0 Å². The van der Waals surface area contributed by atoms with Crippen molar-refractivity contribution < 1.29 is 4.79 Å². The van der Waals surface area contributed by atoms with Crippen LogP contribution in [0.3, 0.4) is 0 Å². The third-order valence-corrected chi connectivity index (χ3v) is 3.20. The summed E-state index contributed by atoms with van der Waals surface area (Å²) in [5.74, 6) is 0.155. The van der Waals surface area contributed by atoms with Crippen molar-refractivity contribution in [2.45, 2.75) is 46.5 Å². The molecule has 1 saturated carbocycles. The van der Waals surface area contributed by atoms with Gasteiger partial charge in [-0.15, -0.1) is 0 Å². The van der Waals surface area contributed by atoms with E-state index in [4.69, 9.17) is 5.73 Å². The lowest BCUT2D eigenvalue weighted by Crippen LogP contribution is -2.47. The molecule has 0 unspecified atom stereocenters. The third kappa shape index (κ3) is 3.82. The first-order valence-electron chi connectivity index (χ1n) is 5.84. The first-order valence-corrected chi connectivity index (χ1v) is 5.84. The molecule has 1 rings (SSSR count). The molecule has 0 spiro atoms. The Hall–Kier alpha value is -0.570. The van der Waals surface area contributed by atoms with Gasteiger partial charge in [0.2, 0.25) is 5.91 Å². The molecule has 0 atom stereocenters. The molecule has 0 aromatic heterocycles. The van der Waals surface area contributed by atoms with Gasteiger partial charge in [-0.25, -0.2) is 0 Å². The van der Waals surface area contributed by atoms with Crippen LogP contribution in [0.2, 0.25) is 0 Å². The van der Waals surface area contributed by atoms with E-state index in [2.05, 4.69) is 26.1 Å². The summed E-state index contributed by atoms with van der Waals surface area (Å²) in [7, 11) is 0. The van der Waals surface area contributed by atoms with Crippen LogP contribution in [0.4, 0.5) is 0 Å².